The molecule has 0 amide bonds. The molecule has 2 unspecified atom stereocenters. The number of rotatable bonds is 16. The standard InChI is InChI=1S/C18H34O5.Na/c19-15-11-9-7-5-3-1-2-4-6-8-10-12-16(20)17(21)13-14-18(22)23;/h13-14,16-17,19-21H,1-12,15H2,(H,22,23);/q;+1/p-1. The van der Waals surface area contributed by atoms with Crippen LogP contribution in [0.1, 0.15) is 77.0 Å². The number of hydrogen-bond donors (Lipinski definition) is 3. The second-order valence-corrected chi connectivity index (χ2v) is 6.14. The van der Waals surface area contributed by atoms with Crippen LogP contribution in [0.5, 0.6) is 0 Å². The van der Waals surface area contributed by atoms with Gasteiger partial charge < -0.3 is 25.2 Å². The number of unbranched alkanes of at least 4 members (excludes halogenated alkanes) is 10. The first-order chi connectivity index (χ1) is 11.1. The summed E-state index contributed by atoms with van der Waals surface area (Å²) >= 11 is 0. The van der Waals surface area contributed by atoms with E-state index in [0.717, 1.165) is 44.3 Å². The number of carboxylic acid groups (broad SMARTS) is 1. The Hall–Kier alpha value is 0.0900. The van der Waals surface area contributed by atoms with Gasteiger partial charge in [-0.1, -0.05) is 70.3 Å². The summed E-state index contributed by atoms with van der Waals surface area (Å²) in [4.78, 5) is 10.2. The number of carbonyl (C=O) groups is 1. The van der Waals surface area contributed by atoms with Crippen LogP contribution in [-0.2, 0) is 4.79 Å². The summed E-state index contributed by atoms with van der Waals surface area (Å²) in [6.07, 6.45) is 12.7. The first-order valence-electron chi connectivity index (χ1n) is 8.94. The Morgan fingerprint density at radius 2 is 1.25 bits per heavy atom. The minimum Gasteiger partial charge on any atom is -0.545 e. The van der Waals surface area contributed by atoms with E-state index in [0.29, 0.717) is 13.0 Å². The molecular weight excluding hydrogens is 319 g/mol. The van der Waals surface area contributed by atoms with Crippen LogP contribution in [0.4, 0.5) is 0 Å². The van der Waals surface area contributed by atoms with Gasteiger partial charge in [0.1, 0.15) is 0 Å². The van der Waals surface area contributed by atoms with Crippen molar-refractivity contribution in [2.75, 3.05) is 6.61 Å². The molecule has 0 saturated carbocycles. The van der Waals surface area contributed by atoms with Crippen LogP contribution in [-0.4, -0.2) is 40.1 Å². The number of aliphatic hydroxyl groups excluding tert-OH is 3. The van der Waals surface area contributed by atoms with Gasteiger partial charge in [-0.25, -0.2) is 0 Å². The largest absolute Gasteiger partial charge is 1.00 e. The molecule has 0 aliphatic carbocycles. The molecule has 136 valence electrons. The van der Waals surface area contributed by atoms with Crippen molar-refractivity contribution in [3.05, 3.63) is 12.2 Å². The molecule has 24 heavy (non-hydrogen) atoms. The van der Waals surface area contributed by atoms with Crippen molar-refractivity contribution < 1.29 is 54.8 Å². The van der Waals surface area contributed by atoms with Crippen molar-refractivity contribution in [3.8, 4) is 0 Å². The molecule has 0 aromatic carbocycles. The van der Waals surface area contributed by atoms with Crippen LogP contribution in [0.2, 0.25) is 0 Å². The van der Waals surface area contributed by atoms with E-state index in [1.54, 1.807) is 0 Å². The van der Waals surface area contributed by atoms with Gasteiger partial charge in [-0.15, -0.1) is 0 Å². The van der Waals surface area contributed by atoms with Crippen molar-refractivity contribution in [2.45, 2.75) is 89.3 Å². The van der Waals surface area contributed by atoms with Gasteiger partial charge in [0.25, 0.3) is 0 Å². The molecule has 6 heteroatoms. The molecule has 0 fully saturated rings. The number of hydrogen-bond acceptors (Lipinski definition) is 5. The maximum absolute atomic E-state index is 10.2. The average Bonchev–Trinajstić information content (AvgIpc) is 2.53. The molecule has 0 bridgehead atoms. The van der Waals surface area contributed by atoms with Crippen molar-refractivity contribution in [1.82, 2.24) is 0 Å². The van der Waals surface area contributed by atoms with E-state index < -0.39 is 18.2 Å². The first-order valence-corrected chi connectivity index (χ1v) is 8.94. The maximum Gasteiger partial charge on any atom is 1.00 e. The maximum atomic E-state index is 10.2. The molecule has 0 heterocycles. The molecule has 0 saturated heterocycles. The molecule has 0 aromatic rings. The van der Waals surface area contributed by atoms with Gasteiger partial charge in [0.05, 0.1) is 18.2 Å². The average molecular weight is 352 g/mol. The molecule has 0 radical (unpaired) electrons. The van der Waals surface area contributed by atoms with Crippen LogP contribution in [0, 0.1) is 0 Å². The Morgan fingerprint density at radius 1 is 0.833 bits per heavy atom. The van der Waals surface area contributed by atoms with Crippen molar-refractivity contribution in [3.63, 3.8) is 0 Å². The van der Waals surface area contributed by atoms with Gasteiger partial charge in [-0.2, -0.15) is 0 Å². The van der Waals surface area contributed by atoms with Crippen LogP contribution in [0.3, 0.4) is 0 Å². The second kappa shape index (κ2) is 19.4. The predicted octanol–water partition coefficient (Wildman–Crippen LogP) is -1.31. The van der Waals surface area contributed by atoms with E-state index in [4.69, 9.17) is 5.11 Å². The van der Waals surface area contributed by atoms with E-state index in [9.17, 15) is 20.1 Å². The SMILES string of the molecule is O=C([O-])C=CC(O)C(O)CCCCCCCCCCCCCO.[Na+]. The molecule has 3 N–H and O–H groups in total. The molecule has 0 aliphatic heterocycles. The van der Waals surface area contributed by atoms with E-state index >= 15 is 0 Å². The third-order valence-corrected chi connectivity index (χ3v) is 3.98. The number of aliphatic hydroxyl groups is 3. The van der Waals surface area contributed by atoms with Crippen LogP contribution in [0.25, 0.3) is 0 Å². The van der Waals surface area contributed by atoms with Gasteiger partial charge >= 0.3 is 29.6 Å². The van der Waals surface area contributed by atoms with Gasteiger partial charge in [0.2, 0.25) is 0 Å². The van der Waals surface area contributed by atoms with E-state index in [1.165, 1.54) is 38.5 Å². The van der Waals surface area contributed by atoms with Crippen molar-refractivity contribution in [1.29, 1.82) is 0 Å². The van der Waals surface area contributed by atoms with Crippen LogP contribution < -0.4 is 34.7 Å². The smallest absolute Gasteiger partial charge is 0.545 e. The van der Waals surface area contributed by atoms with Gasteiger partial charge in [0, 0.05) is 6.61 Å². The van der Waals surface area contributed by atoms with Crippen molar-refractivity contribution >= 4 is 5.97 Å². The number of carboxylic acids is 1. The quantitative estimate of drug-likeness (QED) is 0.182. The fraction of sp³-hybridized carbons (Fsp3) is 0.833. The van der Waals surface area contributed by atoms with Gasteiger partial charge in [-0.3, -0.25) is 0 Å². The Bertz CT molecular complexity index is 310. The summed E-state index contributed by atoms with van der Waals surface area (Å²) < 4.78 is 0. The van der Waals surface area contributed by atoms with E-state index in [-0.39, 0.29) is 29.6 Å². The summed E-state index contributed by atoms with van der Waals surface area (Å²) in [5.74, 6) is -1.37. The Morgan fingerprint density at radius 3 is 1.67 bits per heavy atom. The van der Waals surface area contributed by atoms with E-state index in [1.807, 2.05) is 0 Å². The fourth-order valence-electron chi connectivity index (χ4n) is 2.53. The summed E-state index contributed by atoms with van der Waals surface area (Å²) in [5, 5.41) is 38.0. The Balaban J connectivity index is 0. The molecule has 0 spiro atoms. The normalized spacial score (nSPS) is 13.6. The molecule has 0 aliphatic rings. The number of aliphatic carboxylic acids is 1. The molecule has 0 aromatic heterocycles. The third kappa shape index (κ3) is 18.4. The fourth-order valence-corrected chi connectivity index (χ4v) is 2.53. The van der Waals surface area contributed by atoms with Crippen LogP contribution >= 0.6 is 0 Å². The zero-order valence-electron chi connectivity index (χ0n) is 15.2. The molecule has 5 nitrogen and oxygen atoms in total. The Kier molecular flexibility index (Phi) is 21.3. The third-order valence-electron chi connectivity index (χ3n) is 3.98. The molecule has 0 rings (SSSR count). The Labute approximate surface area is 168 Å². The van der Waals surface area contributed by atoms with Gasteiger partial charge in [-0.05, 0) is 18.9 Å². The summed E-state index contributed by atoms with van der Waals surface area (Å²) in [6.45, 7) is 0.304. The zero-order valence-corrected chi connectivity index (χ0v) is 17.2. The van der Waals surface area contributed by atoms with Crippen molar-refractivity contribution in [2.24, 2.45) is 0 Å². The monoisotopic (exact) mass is 352 g/mol. The summed E-state index contributed by atoms with van der Waals surface area (Å²) in [5.41, 5.74) is 0. The van der Waals surface area contributed by atoms with E-state index in [2.05, 4.69) is 0 Å². The zero-order chi connectivity index (χ0) is 17.3. The first kappa shape index (κ1) is 26.3. The second-order valence-electron chi connectivity index (χ2n) is 6.14. The number of carbonyl (C=O) groups excluding carboxylic acids is 1. The summed E-state index contributed by atoms with van der Waals surface area (Å²) in [7, 11) is 0. The summed E-state index contributed by atoms with van der Waals surface area (Å²) in [6, 6.07) is 0. The molecular formula is C18H33NaO5. The van der Waals surface area contributed by atoms with Gasteiger partial charge in [0.15, 0.2) is 0 Å². The predicted molar refractivity (Wildman–Crippen MR) is 88.7 cm³/mol. The van der Waals surface area contributed by atoms with Crippen LogP contribution in [0.15, 0.2) is 12.2 Å². The topological polar surface area (TPSA) is 101 Å². The minimum atomic E-state index is -1.37. The minimum absolute atomic E-state index is 0. The molecule has 2 atom stereocenters.